The molecule has 0 bridgehead atoms. The van der Waals surface area contributed by atoms with E-state index in [0.29, 0.717) is 36.9 Å². The molecule has 1 amide bonds. The highest BCUT2D eigenvalue weighted by molar-refractivity contribution is 6.30. The molecular weight excluding hydrogens is 292 g/mol. The van der Waals surface area contributed by atoms with Gasteiger partial charge >= 0.3 is 0 Å². The predicted molar refractivity (Wildman–Crippen MR) is 80.4 cm³/mol. The summed E-state index contributed by atoms with van der Waals surface area (Å²) in [4.78, 5) is 15.8. The molecule has 0 aromatic carbocycles. The third-order valence-corrected chi connectivity index (χ3v) is 3.87. The van der Waals surface area contributed by atoms with Crippen molar-refractivity contribution in [1.82, 2.24) is 10.3 Å². The summed E-state index contributed by atoms with van der Waals surface area (Å²) < 4.78 is 5.38. The van der Waals surface area contributed by atoms with E-state index in [1.165, 1.54) is 6.20 Å². The number of pyridine rings is 1. The first-order valence-corrected chi connectivity index (χ1v) is 7.69. The van der Waals surface area contributed by atoms with Crippen LogP contribution in [0, 0.1) is 0 Å². The first-order chi connectivity index (χ1) is 10.1. The number of hydrogen-bond donors (Lipinski definition) is 2. The predicted octanol–water partition coefficient (Wildman–Crippen LogP) is 2.32. The molecule has 0 radical (unpaired) electrons. The molecule has 1 heterocycles. The van der Waals surface area contributed by atoms with Gasteiger partial charge in [0.2, 0.25) is 11.8 Å². The molecule has 0 saturated heterocycles. The minimum atomic E-state index is -0.819. The molecule has 1 fully saturated rings. The Hall–Kier alpha value is -1.33. The first-order valence-electron chi connectivity index (χ1n) is 7.31. The van der Waals surface area contributed by atoms with E-state index in [-0.39, 0.29) is 12.3 Å². The van der Waals surface area contributed by atoms with Crippen molar-refractivity contribution in [3.8, 4) is 5.88 Å². The summed E-state index contributed by atoms with van der Waals surface area (Å²) in [6.45, 7) is 0.720. The minimum absolute atomic E-state index is 0.132. The molecule has 21 heavy (non-hydrogen) atoms. The van der Waals surface area contributed by atoms with Crippen LogP contribution in [0.15, 0.2) is 18.3 Å². The Bertz CT molecular complexity index is 458. The summed E-state index contributed by atoms with van der Waals surface area (Å²) in [6, 6.07) is 3.37. The van der Waals surface area contributed by atoms with E-state index < -0.39 is 5.60 Å². The maximum atomic E-state index is 11.8. The van der Waals surface area contributed by atoms with Crippen molar-refractivity contribution in [2.75, 3.05) is 13.2 Å². The smallest absolute Gasteiger partial charge is 0.223 e. The van der Waals surface area contributed by atoms with Gasteiger partial charge < -0.3 is 15.2 Å². The van der Waals surface area contributed by atoms with Crippen molar-refractivity contribution in [2.45, 2.75) is 44.1 Å². The standard InChI is InChI=1S/C15H21ClN2O3/c16-12-4-5-14(18-11-12)21-9-8-17-13(19)10-15(20)6-2-1-3-7-15/h4-5,11,20H,1-3,6-10H2,(H,17,19). The van der Waals surface area contributed by atoms with E-state index in [2.05, 4.69) is 10.3 Å². The lowest BCUT2D eigenvalue weighted by Gasteiger charge is -2.31. The van der Waals surface area contributed by atoms with Gasteiger partial charge in [-0.25, -0.2) is 4.98 Å². The highest BCUT2D eigenvalue weighted by atomic mass is 35.5. The van der Waals surface area contributed by atoms with Crippen molar-refractivity contribution in [1.29, 1.82) is 0 Å². The van der Waals surface area contributed by atoms with Gasteiger partial charge in [0.05, 0.1) is 23.6 Å². The number of ether oxygens (including phenoxy) is 1. The van der Waals surface area contributed by atoms with Gasteiger partial charge in [-0.1, -0.05) is 30.9 Å². The van der Waals surface area contributed by atoms with Crippen LogP contribution in [0.4, 0.5) is 0 Å². The summed E-state index contributed by atoms with van der Waals surface area (Å²) in [7, 11) is 0. The summed E-state index contributed by atoms with van der Waals surface area (Å²) in [6.07, 6.45) is 6.24. The summed E-state index contributed by atoms with van der Waals surface area (Å²) in [5.74, 6) is 0.339. The first kappa shape index (κ1) is 16.0. The molecule has 0 aliphatic heterocycles. The van der Waals surface area contributed by atoms with Crippen LogP contribution in [-0.4, -0.2) is 34.8 Å². The van der Waals surface area contributed by atoms with Gasteiger partial charge in [-0.05, 0) is 18.9 Å². The normalized spacial score (nSPS) is 17.2. The fraction of sp³-hybridized carbons (Fsp3) is 0.600. The molecule has 1 aromatic heterocycles. The Morgan fingerprint density at radius 3 is 2.81 bits per heavy atom. The SMILES string of the molecule is O=C(CC1(O)CCCCC1)NCCOc1ccc(Cl)cn1. The number of amides is 1. The Morgan fingerprint density at radius 1 is 1.38 bits per heavy atom. The monoisotopic (exact) mass is 312 g/mol. The van der Waals surface area contributed by atoms with E-state index in [0.717, 1.165) is 19.3 Å². The van der Waals surface area contributed by atoms with Crippen LogP contribution in [-0.2, 0) is 4.79 Å². The third-order valence-electron chi connectivity index (χ3n) is 3.65. The molecule has 6 heteroatoms. The number of nitrogens with one attached hydrogen (secondary N) is 1. The van der Waals surface area contributed by atoms with Crippen LogP contribution in [0.3, 0.4) is 0 Å². The molecule has 1 aromatic rings. The second-order valence-corrected chi connectivity index (χ2v) is 5.91. The lowest BCUT2D eigenvalue weighted by Crippen LogP contribution is -2.39. The van der Waals surface area contributed by atoms with Gasteiger partial charge in [0, 0.05) is 12.3 Å². The Morgan fingerprint density at radius 2 is 2.14 bits per heavy atom. The second kappa shape index (κ2) is 7.61. The molecule has 2 rings (SSSR count). The van der Waals surface area contributed by atoms with Gasteiger partial charge in [-0.15, -0.1) is 0 Å². The van der Waals surface area contributed by atoms with Crippen LogP contribution in [0.1, 0.15) is 38.5 Å². The summed E-state index contributed by atoms with van der Waals surface area (Å²) >= 11 is 5.72. The van der Waals surface area contributed by atoms with Crippen LogP contribution in [0.25, 0.3) is 0 Å². The maximum Gasteiger partial charge on any atom is 0.223 e. The van der Waals surface area contributed by atoms with Crippen LogP contribution >= 0.6 is 11.6 Å². The number of hydrogen-bond acceptors (Lipinski definition) is 4. The number of carbonyl (C=O) groups excluding carboxylic acids is 1. The van der Waals surface area contributed by atoms with Crippen LogP contribution < -0.4 is 10.1 Å². The molecule has 116 valence electrons. The average Bonchev–Trinajstić information content (AvgIpc) is 2.46. The van der Waals surface area contributed by atoms with Crippen LogP contribution in [0.2, 0.25) is 5.02 Å². The Labute approximate surface area is 129 Å². The Kier molecular flexibility index (Phi) is 5.82. The van der Waals surface area contributed by atoms with E-state index >= 15 is 0 Å². The zero-order chi connectivity index (χ0) is 15.1. The number of rotatable bonds is 6. The zero-order valence-corrected chi connectivity index (χ0v) is 12.7. The highest BCUT2D eigenvalue weighted by Gasteiger charge is 2.31. The molecule has 0 unspecified atom stereocenters. The lowest BCUT2D eigenvalue weighted by molar-refractivity contribution is -0.127. The quantitative estimate of drug-likeness (QED) is 0.791. The zero-order valence-electron chi connectivity index (χ0n) is 12.0. The van der Waals surface area contributed by atoms with E-state index in [4.69, 9.17) is 16.3 Å². The summed E-state index contributed by atoms with van der Waals surface area (Å²) in [5, 5.41) is 13.6. The number of carbonyl (C=O) groups is 1. The molecule has 1 saturated carbocycles. The van der Waals surface area contributed by atoms with E-state index in [1.807, 2.05) is 0 Å². The second-order valence-electron chi connectivity index (χ2n) is 5.47. The van der Waals surface area contributed by atoms with Gasteiger partial charge in [-0.3, -0.25) is 4.79 Å². The number of nitrogens with zero attached hydrogens (tertiary/aromatic N) is 1. The van der Waals surface area contributed by atoms with Gasteiger partial charge in [0.1, 0.15) is 6.61 Å². The third kappa shape index (κ3) is 5.52. The fourth-order valence-electron chi connectivity index (χ4n) is 2.54. The van der Waals surface area contributed by atoms with Gasteiger partial charge in [-0.2, -0.15) is 0 Å². The number of aromatic nitrogens is 1. The highest BCUT2D eigenvalue weighted by Crippen LogP contribution is 2.30. The molecule has 5 nitrogen and oxygen atoms in total. The molecule has 1 aliphatic carbocycles. The largest absolute Gasteiger partial charge is 0.476 e. The molecule has 2 N–H and O–H groups in total. The molecule has 0 spiro atoms. The van der Waals surface area contributed by atoms with Gasteiger partial charge in [0.15, 0.2) is 0 Å². The van der Waals surface area contributed by atoms with Gasteiger partial charge in [0.25, 0.3) is 0 Å². The number of halogens is 1. The topological polar surface area (TPSA) is 71.5 Å². The number of aliphatic hydroxyl groups is 1. The Balaban J connectivity index is 1.64. The summed E-state index contributed by atoms with van der Waals surface area (Å²) in [5.41, 5.74) is -0.819. The van der Waals surface area contributed by atoms with E-state index in [1.54, 1.807) is 12.1 Å². The minimum Gasteiger partial charge on any atom is -0.476 e. The van der Waals surface area contributed by atoms with Crippen molar-refractivity contribution < 1.29 is 14.6 Å². The molecule has 0 atom stereocenters. The molecular formula is C15H21ClN2O3. The van der Waals surface area contributed by atoms with Crippen LogP contribution in [0.5, 0.6) is 5.88 Å². The van der Waals surface area contributed by atoms with E-state index in [9.17, 15) is 9.90 Å². The average molecular weight is 313 g/mol. The van der Waals surface area contributed by atoms with Crippen molar-refractivity contribution in [2.24, 2.45) is 0 Å². The van der Waals surface area contributed by atoms with Crippen molar-refractivity contribution in [3.63, 3.8) is 0 Å². The maximum absolute atomic E-state index is 11.8. The fourth-order valence-corrected chi connectivity index (χ4v) is 2.65. The lowest BCUT2D eigenvalue weighted by atomic mass is 9.82. The van der Waals surface area contributed by atoms with Crippen molar-refractivity contribution >= 4 is 17.5 Å². The molecule has 1 aliphatic rings. The van der Waals surface area contributed by atoms with Crippen molar-refractivity contribution in [3.05, 3.63) is 23.4 Å².